The topological polar surface area (TPSA) is 21.7 Å². The third kappa shape index (κ3) is 3.91. The molecule has 0 aromatic heterocycles. The van der Waals surface area contributed by atoms with Gasteiger partial charge >= 0.3 is 0 Å². The fraction of sp³-hybridized carbons (Fsp3) is 0.600. The second-order valence-corrected chi connectivity index (χ2v) is 4.76. The lowest BCUT2D eigenvalue weighted by Crippen LogP contribution is -2.31. The molecule has 1 aliphatic rings. The lowest BCUT2D eigenvalue weighted by Gasteiger charge is -2.26. The van der Waals surface area contributed by atoms with Gasteiger partial charge in [-0.1, -0.05) is 18.6 Å². The van der Waals surface area contributed by atoms with E-state index in [-0.39, 0.29) is 0 Å². The normalized spacial score (nSPS) is 16.5. The van der Waals surface area contributed by atoms with Crippen LogP contribution in [0, 0.1) is 0 Å². The van der Waals surface area contributed by atoms with Gasteiger partial charge in [-0.05, 0) is 44.5 Å². The van der Waals surface area contributed by atoms with E-state index in [1.165, 1.54) is 32.4 Å². The molecular formula is C15H23NO2. The highest BCUT2D eigenvalue weighted by Gasteiger charge is 2.09. The number of hydrogen-bond acceptors (Lipinski definition) is 3. The van der Waals surface area contributed by atoms with Gasteiger partial charge in [0.05, 0.1) is 13.7 Å². The fourth-order valence-corrected chi connectivity index (χ4v) is 2.39. The molecule has 1 saturated heterocycles. The quantitative estimate of drug-likeness (QED) is 0.724. The molecular weight excluding hydrogens is 226 g/mol. The maximum absolute atomic E-state index is 5.77. The number of para-hydroxylation sites is 2. The van der Waals surface area contributed by atoms with E-state index in [9.17, 15) is 0 Å². The van der Waals surface area contributed by atoms with Crippen molar-refractivity contribution in [1.29, 1.82) is 0 Å². The average Bonchev–Trinajstić information content (AvgIpc) is 2.45. The van der Waals surface area contributed by atoms with Crippen molar-refractivity contribution in [1.82, 2.24) is 4.90 Å². The Bertz CT molecular complexity index is 348. The maximum atomic E-state index is 5.77. The lowest BCUT2D eigenvalue weighted by molar-refractivity contribution is 0.203. The molecule has 0 spiro atoms. The smallest absolute Gasteiger partial charge is 0.161 e. The summed E-state index contributed by atoms with van der Waals surface area (Å²) in [4.78, 5) is 2.54. The van der Waals surface area contributed by atoms with Crippen molar-refractivity contribution >= 4 is 0 Å². The minimum absolute atomic E-state index is 0.761. The molecule has 1 aliphatic heterocycles. The van der Waals surface area contributed by atoms with Crippen LogP contribution in [0.1, 0.15) is 25.7 Å². The number of rotatable bonds is 6. The Morgan fingerprint density at radius 2 is 1.78 bits per heavy atom. The van der Waals surface area contributed by atoms with Gasteiger partial charge in [-0.15, -0.1) is 0 Å². The first-order valence-electron chi connectivity index (χ1n) is 6.88. The van der Waals surface area contributed by atoms with Gasteiger partial charge in [-0.25, -0.2) is 0 Å². The van der Waals surface area contributed by atoms with E-state index in [0.717, 1.165) is 31.1 Å². The van der Waals surface area contributed by atoms with Gasteiger partial charge in [-0.3, -0.25) is 0 Å². The molecule has 0 N–H and O–H groups in total. The van der Waals surface area contributed by atoms with Crippen molar-refractivity contribution in [3.05, 3.63) is 24.3 Å². The van der Waals surface area contributed by atoms with Crippen LogP contribution in [0.5, 0.6) is 11.5 Å². The first kappa shape index (κ1) is 13.2. The van der Waals surface area contributed by atoms with Gasteiger partial charge in [0.15, 0.2) is 11.5 Å². The van der Waals surface area contributed by atoms with Crippen LogP contribution in [-0.4, -0.2) is 38.3 Å². The molecule has 0 bridgehead atoms. The van der Waals surface area contributed by atoms with Crippen molar-refractivity contribution in [2.45, 2.75) is 25.7 Å². The minimum atomic E-state index is 0.761. The molecule has 0 aliphatic carbocycles. The number of nitrogens with zero attached hydrogens (tertiary/aromatic N) is 1. The highest BCUT2D eigenvalue weighted by Crippen LogP contribution is 2.25. The number of ether oxygens (including phenoxy) is 2. The molecule has 0 amide bonds. The standard InChI is InChI=1S/C15H23NO2/c1-17-14-8-3-4-9-15(14)18-13-7-12-16-10-5-2-6-11-16/h3-4,8-9H,2,5-7,10-13H2,1H3. The van der Waals surface area contributed by atoms with Crippen molar-refractivity contribution in [2.24, 2.45) is 0 Å². The summed E-state index contributed by atoms with van der Waals surface area (Å²) in [6, 6.07) is 7.82. The second kappa shape index (κ2) is 7.27. The highest BCUT2D eigenvalue weighted by atomic mass is 16.5. The molecule has 18 heavy (non-hydrogen) atoms. The van der Waals surface area contributed by atoms with Gasteiger partial charge in [0.25, 0.3) is 0 Å². The zero-order chi connectivity index (χ0) is 12.6. The van der Waals surface area contributed by atoms with E-state index >= 15 is 0 Å². The van der Waals surface area contributed by atoms with Crippen LogP contribution in [0.25, 0.3) is 0 Å². The summed E-state index contributed by atoms with van der Waals surface area (Å²) in [6.45, 7) is 4.43. The van der Waals surface area contributed by atoms with Crippen molar-refractivity contribution in [2.75, 3.05) is 33.4 Å². The SMILES string of the molecule is COc1ccccc1OCCCN1CCCCC1. The van der Waals surface area contributed by atoms with Crippen LogP contribution in [0.4, 0.5) is 0 Å². The number of hydrogen-bond donors (Lipinski definition) is 0. The highest BCUT2D eigenvalue weighted by molar-refractivity contribution is 5.39. The van der Waals surface area contributed by atoms with E-state index in [4.69, 9.17) is 9.47 Å². The van der Waals surface area contributed by atoms with Crippen LogP contribution in [0.3, 0.4) is 0 Å². The monoisotopic (exact) mass is 249 g/mol. The Morgan fingerprint density at radius 3 is 2.50 bits per heavy atom. The van der Waals surface area contributed by atoms with Crippen molar-refractivity contribution in [3.8, 4) is 11.5 Å². The summed E-state index contributed by atoms with van der Waals surface area (Å²) in [7, 11) is 1.68. The molecule has 3 heteroatoms. The number of methoxy groups -OCH3 is 1. The number of likely N-dealkylation sites (tertiary alicyclic amines) is 1. The zero-order valence-corrected chi connectivity index (χ0v) is 11.2. The predicted octanol–water partition coefficient (Wildman–Crippen LogP) is 2.95. The van der Waals surface area contributed by atoms with Gasteiger partial charge in [0.1, 0.15) is 0 Å². The van der Waals surface area contributed by atoms with Gasteiger partial charge < -0.3 is 14.4 Å². The maximum Gasteiger partial charge on any atom is 0.161 e. The number of piperidine rings is 1. The lowest BCUT2D eigenvalue weighted by atomic mass is 10.1. The molecule has 3 nitrogen and oxygen atoms in total. The van der Waals surface area contributed by atoms with E-state index in [1.807, 2.05) is 24.3 Å². The van der Waals surface area contributed by atoms with Crippen molar-refractivity contribution < 1.29 is 9.47 Å². The van der Waals surface area contributed by atoms with Gasteiger partial charge in [0, 0.05) is 6.54 Å². The minimum Gasteiger partial charge on any atom is -0.493 e. The molecule has 0 unspecified atom stereocenters. The molecule has 100 valence electrons. The fourth-order valence-electron chi connectivity index (χ4n) is 2.39. The molecule has 1 aromatic carbocycles. The number of benzene rings is 1. The van der Waals surface area contributed by atoms with Crippen LogP contribution >= 0.6 is 0 Å². The largest absolute Gasteiger partial charge is 0.493 e. The Morgan fingerprint density at radius 1 is 1.06 bits per heavy atom. The van der Waals surface area contributed by atoms with Gasteiger partial charge in [-0.2, -0.15) is 0 Å². The van der Waals surface area contributed by atoms with Crippen LogP contribution < -0.4 is 9.47 Å². The molecule has 1 fully saturated rings. The zero-order valence-electron chi connectivity index (χ0n) is 11.2. The summed E-state index contributed by atoms with van der Waals surface area (Å²) < 4.78 is 11.0. The van der Waals surface area contributed by atoms with Crippen molar-refractivity contribution in [3.63, 3.8) is 0 Å². The second-order valence-electron chi connectivity index (χ2n) is 4.76. The molecule has 0 radical (unpaired) electrons. The third-order valence-electron chi connectivity index (χ3n) is 3.39. The predicted molar refractivity (Wildman–Crippen MR) is 73.4 cm³/mol. The molecule has 2 rings (SSSR count). The summed E-state index contributed by atoms with van der Waals surface area (Å²) in [5, 5.41) is 0. The first-order chi connectivity index (χ1) is 8.90. The van der Waals surface area contributed by atoms with Crippen LogP contribution in [0.15, 0.2) is 24.3 Å². The Balaban J connectivity index is 1.68. The van der Waals surface area contributed by atoms with Gasteiger partial charge in [0.2, 0.25) is 0 Å². The molecule has 0 saturated carbocycles. The molecule has 1 heterocycles. The summed E-state index contributed by atoms with van der Waals surface area (Å²) in [5.74, 6) is 1.66. The third-order valence-corrected chi connectivity index (χ3v) is 3.39. The average molecular weight is 249 g/mol. The Labute approximate surface area is 110 Å². The van der Waals surface area contributed by atoms with E-state index < -0.39 is 0 Å². The Kier molecular flexibility index (Phi) is 5.34. The van der Waals surface area contributed by atoms with E-state index in [2.05, 4.69) is 4.90 Å². The molecule has 1 aromatic rings. The van der Waals surface area contributed by atoms with E-state index in [1.54, 1.807) is 7.11 Å². The Hall–Kier alpha value is -1.22. The summed E-state index contributed by atoms with van der Waals surface area (Å²) in [5.41, 5.74) is 0. The summed E-state index contributed by atoms with van der Waals surface area (Å²) >= 11 is 0. The molecule has 0 atom stereocenters. The first-order valence-corrected chi connectivity index (χ1v) is 6.88. The summed E-state index contributed by atoms with van der Waals surface area (Å²) in [6.07, 6.45) is 5.19. The van der Waals surface area contributed by atoms with Crippen LogP contribution in [0.2, 0.25) is 0 Å². The van der Waals surface area contributed by atoms with E-state index in [0.29, 0.717) is 0 Å². The van der Waals surface area contributed by atoms with Crippen LogP contribution in [-0.2, 0) is 0 Å².